The summed E-state index contributed by atoms with van der Waals surface area (Å²) in [6.07, 6.45) is 2.94. The molecule has 1 fully saturated rings. The highest BCUT2D eigenvalue weighted by atomic mass is 16.5. The lowest BCUT2D eigenvalue weighted by Crippen LogP contribution is -2.48. The van der Waals surface area contributed by atoms with Crippen LogP contribution < -0.4 is 5.32 Å². The van der Waals surface area contributed by atoms with Crippen LogP contribution in [0.5, 0.6) is 0 Å². The molecule has 2 atom stereocenters. The van der Waals surface area contributed by atoms with E-state index in [-0.39, 0.29) is 0 Å². The Kier molecular flexibility index (Phi) is 6.61. The van der Waals surface area contributed by atoms with Crippen LogP contribution >= 0.6 is 0 Å². The summed E-state index contributed by atoms with van der Waals surface area (Å²) in [5, 5.41) is 3.55. The maximum absolute atomic E-state index is 5.75. The van der Waals surface area contributed by atoms with Gasteiger partial charge in [0.1, 0.15) is 0 Å². The third kappa shape index (κ3) is 4.87. The van der Waals surface area contributed by atoms with Crippen LogP contribution in [0, 0.1) is 5.41 Å². The second kappa shape index (κ2) is 7.46. The van der Waals surface area contributed by atoms with Gasteiger partial charge in [0.05, 0.1) is 6.10 Å². The first-order valence-corrected chi connectivity index (χ1v) is 7.57. The first-order chi connectivity index (χ1) is 8.49. The number of likely N-dealkylation sites (N-methyl/N-ethyl adjacent to an activating group) is 1. The lowest BCUT2D eigenvalue weighted by atomic mass is 9.84. The summed E-state index contributed by atoms with van der Waals surface area (Å²) in [5.74, 6) is 0. The van der Waals surface area contributed by atoms with Gasteiger partial charge in [-0.25, -0.2) is 0 Å². The molecule has 18 heavy (non-hydrogen) atoms. The Morgan fingerprint density at radius 3 is 2.61 bits per heavy atom. The smallest absolute Gasteiger partial charge is 0.0702 e. The van der Waals surface area contributed by atoms with Gasteiger partial charge < -0.3 is 15.0 Å². The molecule has 0 aromatic heterocycles. The number of hydrogen-bond acceptors (Lipinski definition) is 3. The van der Waals surface area contributed by atoms with Crippen LogP contribution in [0.4, 0.5) is 0 Å². The maximum Gasteiger partial charge on any atom is 0.0702 e. The first kappa shape index (κ1) is 15.9. The average molecular weight is 256 g/mol. The highest BCUT2D eigenvalue weighted by Crippen LogP contribution is 2.23. The van der Waals surface area contributed by atoms with E-state index in [9.17, 15) is 0 Å². The fraction of sp³-hybridized carbons (Fsp3) is 1.00. The van der Waals surface area contributed by atoms with Crippen molar-refractivity contribution in [2.75, 3.05) is 32.8 Å². The van der Waals surface area contributed by atoms with Crippen LogP contribution in [0.1, 0.15) is 47.5 Å². The molecule has 0 aromatic rings. The fourth-order valence-electron chi connectivity index (χ4n) is 2.68. The minimum absolute atomic E-state index is 0.296. The van der Waals surface area contributed by atoms with Gasteiger partial charge in [-0.3, -0.25) is 0 Å². The molecule has 0 bridgehead atoms. The van der Waals surface area contributed by atoms with E-state index in [0.29, 0.717) is 17.6 Å². The summed E-state index contributed by atoms with van der Waals surface area (Å²) in [6.45, 7) is 16.8. The molecule has 0 aromatic carbocycles. The molecule has 2 unspecified atom stereocenters. The third-order valence-electron chi connectivity index (χ3n) is 4.25. The summed E-state index contributed by atoms with van der Waals surface area (Å²) in [6, 6.07) is 0.543. The Labute approximate surface area is 113 Å². The van der Waals surface area contributed by atoms with Gasteiger partial charge in [-0.05, 0) is 38.3 Å². The summed E-state index contributed by atoms with van der Waals surface area (Å²) >= 11 is 0. The molecule has 0 amide bonds. The molecular formula is C15H32N2O. The summed E-state index contributed by atoms with van der Waals surface area (Å²) < 4.78 is 5.75. The molecule has 1 aliphatic heterocycles. The largest absolute Gasteiger partial charge is 0.377 e. The van der Waals surface area contributed by atoms with Crippen LogP contribution in [0.3, 0.4) is 0 Å². The highest BCUT2D eigenvalue weighted by Gasteiger charge is 2.29. The monoisotopic (exact) mass is 256 g/mol. The predicted octanol–water partition coefficient (Wildman–Crippen LogP) is 2.51. The molecule has 3 nitrogen and oxygen atoms in total. The zero-order valence-corrected chi connectivity index (χ0v) is 13.0. The molecule has 3 heteroatoms. The van der Waals surface area contributed by atoms with Crippen LogP contribution in [-0.2, 0) is 4.74 Å². The summed E-state index contributed by atoms with van der Waals surface area (Å²) in [7, 11) is 0. The Balaban J connectivity index is 2.44. The maximum atomic E-state index is 5.75. The lowest BCUT2D eigenvalue weighted by Gasteiger charge is -2.38. The fourth-order valence-corrected chi connectivity index (χ4v) is 2.68. The van der Waals surface area contributed by atoms with Gasteiger partial charge >= 0.3 is 0 Å². The van der Waals surface area contributed by atoms with Gasteiger partial charge in [0.25, 0.3) is 0 Å². The van der Waals surface area contributed by atoms with Crippen molar-refractivity contribution in [3.8, 4) is 0 Å². The molecule has 1 rings (SSSR count). The van der Waals surface area contributed by atoms with Gasteiger partial charge in [0, 0.05) is 25.7 Å². The van der Waals surface area contributed by atoms with Crippen LogP contribution in [-0.4, -0.2) is 49.8 Å². The SMILES string of the molecule is CCNC(C)C(C)(C)CN(CC)CC1CCCO1. The van der Waals surface area contributed by atoms with E-state index in [0.717, 1.165) is 32.8 Å². The van der Waals surface area contributed by atoms with E-state index in [4.69, 9.17) is 4.74 Å². The van der Waals surface area contributed by atoms with Gasteiger partial charge in [-0.1, -0.05) is 27.7 Å². The van der Waals surface area contributed by atoms with E-state index in [1.54, 1.807) is 0 Å². The molecule has 1 heterocycles. The molecule has 0 spiro atoms. The Bertz CT molecular complexity index is 225. The Morgan fingerprint density at radius 1 is 1.39 bits per heavy atom. The molecule has 0 aliphatic carbocycles. The van der Waals surface area contributed by atoms with Gasteiger partial charge in [-0.2, -0.15) is 0 Å². The Morgan fingerprint density at radius 2 is 2.11 bits per heavy atom. The summed E-state index contributed by atoms with van der Waals surface area (Å²) in [4.78, 5) is 2.55. The number of nitrogens with one attached hydrogen (secondary N) is 1. The lowest BCUT2D eigenvalue weighted by molar-refractivity contribution is 0.0556. The second-order valence-electron chi connectivity index (χ2n) is 6.23. The average Bonchev–Trinajstić information content (AvgIpc) is 2.81. The van der Waals surface area contributed by atoms with Gasteiger partial charge in [-0.15, -0.1) is 0 Å². The molecule has 108 valence electrons. The van der Waals surface area contributed by atoms with Crippen molar-refractivity contribution in [1.82, 2.24) is 10.2 Å². The molecule has 1 aliphatic rings. The quantitative estimate of drug-likeness (QED) is 0.722. The van der Waals surface area contributed by atoms with Gasteiger partial charge in [0.15, 0.2) is 0 Å². The first-order valence-electron chi connectivity index (χ1n) is 7.57. The molecule has 1 saturated heterocycles. The van der Waals surface area contributed by atoms with Gasteiger partial charge in [0.2, 0.25) is 0 Å². The zero-order valence-electron chi connectivity index (χ0n) is 13.0. The van der Waals surface area contributed by atoms with Crippen LogP contribution in [0.25, 0.3) is 0 Å². The number of nitrogens with zero attached hydrogens (tertiary/aromatic N) is 1. The molecule has 0 radical (unpaired) electrons. The van der Waals surface area contributed by atoms with Crippen molar-refractivity contribution in [2.24, 2.45) is 5.41 Å². The topological polar surface area (TPSA) is 24.5 Å². The zero-order chi connectivity index (χ0) is 13.6. The van der Waals surface area contributed by atoms with Crippen molar-refractivity contribution >= 4 is 0 Å². The highest BCUT2D eigenvalue weighted by molar-refractivity contribution is 4.84. The predicted molar refractivity (Wildman–Crippen MR) is 78.0 cm³/mol. The van der Waals surface area contributed by atoms with Crippen LogP contribution in [0.2, 0.25) is 0 Å². The minimum Gasteiger partial charge on any atom is -0.377 e. The van der Waals surface area contributed by atoms with Crippen molar-refractivity contribution < 1.29 is 4.74 Å². The normalized spacial score (nSPS) is 22.7. The van der Waals surface area contributed by atoms with Crippen molar-refractivity contribution in [2.45, 2.75) is 59.6 Å². The number of rotatable bonds is 8. The second-order valence-corrected chi connectivity index (χ2v) is 6.23. The number of hydrogen-bond donors (Lipinski definition) is 1. The van der Waals surface area contributed by atoms with Crippen molar-refractivity contribution in [3.63, 3.8) is 0 Å². The third-order valence-corrected chi connectivity index (χ3v) is 4.25. The standard InChI is InChI=1S/C15H32N2O/c1-6-16-13(3)15(4,5)12-17(7-2)11-14-9-8-10-18-14/h13-14,16H,6-12H2,1-5H3. The van der Waals surface area contributed by atoms with E-state index >= 15 is 0 Å². The van der Waals surface area contributed by atoms with E-state index in [1.807, 2.05) is 0 Å². The minimum atomic E-state index is 0.296. The molecule has 1 N–H and O–H groups in total. The van der Waals surface area contributed by atoms with E-state index < -0.39 is 0 Å². The van der Waals surface area contributed by atoms with Crippen molar-refractivity contribution in [3.05, 3.63) is 0 Å². The number of ether oxygens (including phenoxy) is 1. The van der Waals surface area contributed by atoms with E-state index in [1.165, 1.54) is 12.8 Å². The van der Waals surface area contributed by atoms with Crippen molar-refractivity contribution in [1.29, 1.82) is 0 Å². The molecular weight excluding hydrogens is 224 g/mol. The molecule has 0 saturated carbocycles. The summed E-state index contributed by atoms with van der Waals surface area (Å²) in [5.41, 5.74) is 0.296. The van der Waals surface area contributed by atoms with E-state index in [2.05, 4.69) is 44.8 Å². The van der Waals surface area contributed by atoms with Crippen LogP contribution in [0.15, 0.2) is 0 Å². The Hall–Kier alpha value is -0.120.